The first-order chi connectivity index (χ1) is 20.2. The van der Waals surface area contributed by atoms with Gasteiger partial charge in [0.15, 0.2) is 0 Å². The van der Waals surface area contributed by atoms with Gasteiger partial charge in [0.1, 0.15) is 0 Å². The fourth-order valence-electron chi connectivity index (χ4n) is 7.95. The van der Waals surface area contributed by atoms with Gasteiger partial charge < -0.3 is 4.90 Å². The molecule has 0 N–H and O–H groups in total. The van der Waals surface area contributed by atoms with Crippen molar-refractivity contribution in [1.29, 1.82) is 0 Å². The largest absolute Gasteiger partial charge is 0.345 e. The van der Waals surface area contributed by atoms with Crippen LogP contribution in [-0.4, -0.2) is 7.05 Å². The van der Waals surface area contributed by atoms with Crippen LogP contribution >= 0.6 is 0 Å². The van der Waals surface area contributed by atoms with Crippen LogP contribution in [0.4, 0.5) is 11.4 Å². The van der Waals surface area contributed by atoms with E-state index in [1.807, 2.05) is 0 Å². The standard InChI is InChI=1S/C40H29N/c1-41(30-20-18-27-22-26-10-2-4-12-32(26)35(27)24-30)31-21-19-29-23-28-11-3-7-15-36(28)40(39(29)25-31)37-16-8-5-13-33(37)34-14-6-9-17-38(34)40/h2-21,24-25H,22-23H2,1H3. The van der Waals surface area contributed by atoms with Crippen LogP contribution in [0.5, 0.6) is 0 Å². The minimum atomic E-state index is -0.328. The van der Waals surface area contributed by atoms with Crippen LogP contribution in [-0.2, 0) is 18.3 Å². The third-order valence-corrected chi connectivity index (χ3v) is 9.81. The molecule has 9 rings (SSSR count). The lowest BCUT2D eigenvalue weighted by atomic mass is 9.61. The van der Waals surface area contributed by atoms with Crippen molar-refractivity contribution in [3.8, 4) is 22.3 Å². The third kappa shape index (κ3) is 3.01. The van der Waals surface area contributed by atoms with Crippen LogP contribution in [0.15, 0.2) is 133 Å². The molecule has 0 unspecified atom stereocenters. The molecule has 3 aliphatic carbocycles. The monoisotopic (exact) mass is 523 g/mol. The van der Waals surface area contributed by atoms with Gasteiger partial charge in [-0.3, -0.25) is 0 Å². The van der Waals surface area contributed by atoms with Crippen molar-refractivity contribution in [3.63, 3.8) is 0 Å². The highest BCUT2D eigenvalue weighted by Gasteiger charge is 2.49. The summed E-state index contributed by atoms with van der Waals surface area (Å²) < 4.78 is 0. The SMILES string of the molecule is CN(c1ccc2c(c1)-c1ccccc1C2)c1ccc2c(c1)C1(c3ccccc3C2)c2ccccc2-c2ccccc21. The van der Waals surface area contributed by atoms with Gasteiger partial charge in [0.25, 0.3) is 0 Å². The molecule has 0 heterocycles. The molecule has 41 heavy (non-hydrogen) atoms. The summed E-state index contributed by atoms with van der Waals surface area (Å²) in [6.45, 7) is 0. The van der Waals surface area contributed by atoms with Gasteiger partial charge in [-0.1, -0.05) is 109 Å². The zero-order valence-electron chi connectivity index (χ0n) is 23.1. The number of anilines is 2. The maximum Gasteiger partial charge on any atom is 0.0719 e. The van der Waals surface area contributed by atoms with E-state index in [0.717, 1.165) is 12.8 Å². The quantitative estimate of drug-likeness (QED) is 0.218. The van der Waals surface area contributed by atoms with Gasteiger partial charge in [0.2, 0.25) is 0 Å². The van der Waals surface area contributed by atoms with Crippen molar-refractivity contribution in [1.82, 2.24) is 0 Å². The van der Waals surface area contributed by atoms with E-state index in [0.29, 0.717) is 0 Å². The second-order valence-electron chi connectivity index (χ2n) is 11.8. The fraction of sp³-hybridized carbons (Fsp3) is 0.100. The molecule has 0 fully saturated rings. The molecule has 0 radical (unpaired) electrons. The number of nitrogens with zero attached hydrogens (tertiary/aromatic N) is 1. The summed E-state index contributed by atoms with van der Waals surface area (Å²) >= 11 is 0. The molecule has 6 aromatic carbocycles. The predicted octanol–water partition coefficient (Wildman–Crippen LogP) is 9.29. The Morgan fingerprint density at radius 1 is 0.415 bits per heavy atom. The average Bonchev–Trinajstić information content (AvgIpc) is 3.55. The number of hydrogen-bond donors (Lipinski definition) is 0. The van der Waals surface area contributed by atoms with Gasteiger partial charge in [-0.05, 0) is 104 Å². The van der Waals surface area contributed by atoms with E-state index in [2.05, 4.69) is 145 Å². The Morgan fingerprint density at radius 2 is 0.902 bits per heavy atom. The zero-order chi connectivity index (χ0) is 27.1. The van der Waals surface area contributed by atoms with Crippen LogP contribution in [0.2, 0.25) is 0 Å². The Balaban J connectivity index is 1.26. The molecule has 1 nitrogen and oxygen atoms in total. The first kappa shape index (κ1) is 22.9. The Labute approximate surface area is 241 Å². The molecular weight excluding hydrogens is 494 g/mol. The zero-order valence-corrected chi connectivity index (χ0v) is 23.1. The molecule has 0 aliphatic heterocycles. The lowest BCUT2D eigenvalue weighted by Gasteiger charge is -2.41. The Kier molecular flexibility index (Phi) is 4.64. The number of hydrogen-bond acceptors (Lipinski definition) is 1. The number of benzene rings is 6. The van der Waals surface area contributed by atoms with E-state index in [9.17, 15) is 0 Å². The maximum atomic E-state index is 2.48. The molecule has 0 saturated heterocycles. The van der Waals surface area contributed by atoms with Crippen LogP contribution in [0.3, 0.4) is 0 Å². The first-order valence-electron chi connectivity index (χ1n) is 14.6. The lowest BCUT2D eigenvalue weighted by Crippen LogP contribution is -2.34. The smallest absolute Gasteiger partial charge is 0.0719 e. The van der Waals surface area contributed by atoms with E-state index < -0.39 is 0 Å². The molecule has 1 spiro atoms. The average molecular weight is 524 g/mol. The summed E-state index contributed by atoms with van der Waals surface area (Å²) in [6.07, 6.45) is 1.98. The summed E-state index contributed by atoms with van der Waals surface area (Å²) in [6, 6.07) is 50.2. The van der Waals surface area contributed by atoms with Crippen molar-refractivity contribution in [2.75, 3.05) is 11.9 Å². The second kappa shape index (κ2) is 8.32. The molecular formula is C40H29N. The highest BCUT2D eigenvalue weighted by atomic mass is 15.1. The third-order valence-electron chi connectivity index (χ3n) is 9.81. The summed E-state index contributed by atoms with van der Waals surface area (Å²) in [7, 11) is 2.21. The first-order valence-corrected chi connectivity index (χ1v) is 14.6. The van der Waals surface area contributed by atoms with E-state index in [1.54, 1.807) is 0 Å². The molecule has 1 heteroatoms. The highest BCUT2D eigenvalue weighted by Crippen LogP contribution is 2.59. The molecule has 0 aromatic heterocycles. The van der Waals surface area contributed by atoms with Crippen LogP contribution in [0.1, 0.15) is 44.5 Å². The van der Waals surface area contributed by atoms with Crippen molar-refractivity contribution in [2.45, 2.75) is 18.3 Å². The summed E-state index contributed by atoms with van der Waals surface area (Å²) in [4.78, 5) is 2.36. The Hall–Kier alpha value is -4.88. The second-order valence-corrected chi connectivity index (χ2v) is 11.8. The van der Waals surface area contributed by atoms with Gasteiger partial charge in [0.05, 0.1) is 5.41 Å². The van der Waals surface area contributed by atoms with E-state index in [4.69, 9.17) is 0 Å². The van der Waals surface area contributed by atoms with Gasteiger partial charge in [0, 0.05) is 18.4 Å². The number of fused-ring (bicyclic) bond motifs is 12. The predicted molar refractivity (Wildman–Crippen MR) is 169 cm³/mol. The normalized spacial score (nSPS) is 14.5. The van der Waals surface area contributed by atoms with Crippen molar-refractivity contribution < 1.29 is 0 Å². The highest BCUT2D eigenvalue weighted by molar-refractivity contribution is 5.88. The van der Waals surface area contributed by atoms with Crippen molar-refractivity contribution >= 4 is 11.4 Å². The van der Waals surface area contributed by atoms with Crippen LogP contribution in [0, 0.1) is 0 Å². The van der Waals surface area contributed by atoms with Crippen molar-refractivity contribution in [3.05, 3.63) is 178 Å². The molecule has 194 valence electrons. The van der Waals surface area contributed by atoms with Gasteiger partial charge in [-0.15, -0.1) is 0 Å². The molecule has 0 atom stereocenters. The van der Waals surface area contributed by atoms with Gasteiger partial charge in [-0.2, -0.15) is 0 Å². The number of rotatable bonds is 2. The molecule has 0 saturated carbocycles. The van der Waals surface area contributed by atoms with Crippen molar-refractivity contribution in [2.24, 2.45) is 0 Å². The Morgan fingerprint density at radius 3 is 1.63 bits per heavy atom. The molecule has 0 amide bonds. The van der Waals surface area contributed by atoms with E-state index in [1.165, 1.54) is 78.1 Å². The summed E-state index contributed by atoms with van der Waals surface area (Å²) in [5.41, 5.74) is 18.8. The topological polar surface area (TPSA) is 3.24 Å². The fourth-order valence-corrected chi connectivity index (χ4v) is 7.95. The Bertz CT molecular complexity index is 1980. The summed E-state index contributed by atoms with van der Waals surface area (Å²) in [5, 5.41) is 0. The minimum absolute atomic E-state index is 0.328. The van der Waals surface area contributed by atoms with E-state index >= 15 is 0 Å². The molecule has 6 aromatic rings. The molecule has 0 bridgehead atoms. The lowest BCUT2D eigenvalue weighted by molar-refractivity contribution is 0.722. The van der Waals surface area contributed by atoms with Gasteiger partial charge in [-0.25, -0.2) is 0 Å². The maximum absolute atomic E-state index is 2.48. The van der Waals surface area contributed by atoms with Gasteiger partial charge >= 0.3 is 0 Å². The molecule has 3 aliphatic rings. The minimum Gasteiger partial charge on any atom is -0.345 e. The van der Waals surface area contributed by atoms with E-state index in [-0.39, 0.29) is 5.41 Å². The van der Waals surface area contributed by atoms with Crippen LogP contribution < -0.4 is 4.90 Å². The summed E-state index contributed by atoms with van der Waals surface area (Å²) in [5.74, 6) is 0. The van der Waals surface area contributed by atoms with Crippen LogP contribution in [0.25, 0.3) is 22.3 Å².